The van der Waals surface area contributed by atoms with E-state index in [9.17, 15) is 14.7 Å². The minimum atomic E-state index is -0.712. The minimum absolute atomic E-state index is 0.0616. The smallest absolute Gasteiger partial charge is 0.315 e. The van der Waals surface area contributed by atoms with E-state index >= 15 is 0 Å². The summed E-state index contributed by atoms with van der Waals surface area (Å²) in [5.41, 5.74) is 1.84. The Morgan fingerprint density at radius 2 is 2.00 bits per heavy atom. The summed E-state index contributed by atoms with van der Waals surface area (Å²) in [5.74, 6) is -0.244. The highest BCUT2D eigenvalue weighted by Gasteiger charge is 2.41. The number of carbonyl (C=O) groups excluding carboxylic acids is 1. The molecule has 2 aromatic rings. The summed E-state index contributed by atoms with van der Waals surface area (Å²) < 4.78 is 7.68. The molecule has 7 heteroatoms. The number of hydrogen-bond donors (Lipinski definition) is 1. The maximum absolute atomic E-state index is 13.3. The topological polar surface area (TPSA) is 84.7 Å². The van der Waals surface area contributed by atoms with Crippen LogP contribution in [0.1, 0.15) is 79.3 Å². The number of hydrogen-bond acceptors (Lipinski definition) is 5. The lowest BCUT2D eigenvalue weighted by Crippen LogP contribution is -2.49. The zero-order valence-electron chi connectivity index (χ0n) is 20.3. The highest BCUT2D eigenvalue weighted by molar-refractivity contribution is 5.95. The van der Waals surface area contributed by atoms with Crippen LogP contribution in [0.15, 0.2) is 29.1 Å². The first-order valence-electron chi connectivity index (χ1n) is 12.7. The number of ether oxygens (including phenoxy) is 1. The maximum atomic E-state index is 13.3. The standard InChI is InChI=1S/C27H35N3O4/c1-3-18-8-6-9-19(14-18)27(11-4-5-12-27)16-22-28-25(32)24(31)23-26(33)29(2)20(17-30(22)23)15-21-10-7-13-34-21/h6,8-9,14,20-21,31H,3-5,7,10-13,15-17H2,1-2H3/t20-,21-/m0/s1. The average Bonchev–Trinajstić information content (AvgIpc) is 3.53. The fraction of sp³-hybridized carbons (Fsp3) is 0.593. The van der Waals surface area contributed by atoms with Crippen LogP contribution < -0.4 is 5.56 Å². The van der Waals surface area contributed by atoms with Crippen LogP contribution in [0.4, 0.5) is 0 Å². The Labute approximate surface area is 200 Å². The first-order chi connectivity index (χ1) is 16.4. The van der Waals surface area contributed by atoms with Crippen LogP contribution in [0.2, 0.25) is 0 Å². The second-order valence-corrected chi connectivity index (χ2v) is 10.3. The second-order valence-electron chi connectivity index (χ2n) is 10.3. The lowest BCUT2D eigenvalue weighted by molar-refractivity contribution is 0.0461. The van der Waals surface area contributed by atoms with Crippen molar-refractivity contribution in [3.63, 3.8) is 0 Å². The number of amides is 1. The van der Waals surface area contributed by atoms with E-state index in [0.717, 1.165) is 58.0 Å². The summed E-state index contributed by atoms with van der Waals surface area (Å²) in [6.07, 6.45) is 8.83. The van der Waals surface area contributed by atoms with Crippen molar-refractivity contribution in [1.82, 2.24) is 14.5 Å². The van der Waals surface area contributed by atoms with Crippen LogP contribution in [0.3, 0.4) is 0 Å². The fourth-order valence-corrected chi connectivity index (χ4v) is 6.21. The van der Waals surface area contributed by atoms with Crippen LogP contribution >= 0.6 is 0 Å². The van der Waals surface area contributed by atoms with Gasteiger partial charge in [-0.3, -0.25) is 9.59 Å². The summed E-state index contributed by atoms with van der Waals surface area (Å²) >= 11 is 0. The number of benzene rings is 1. The molecule has 0 unspecified atom stereocenters. The minimum Gasteiger partial charge on any atom is -0.501 e. The van der Waals surface area contributed by atoms with Crippen molar-refractivity contribution in [3.05, 3.63) is 57.3 Å². The predicted octanol–water partition coefficient (Wildman–Crippen LogP) is 3.59. The van der Waals surface area contributed by atoms with Gasteiger partial charge in [0.05, 0.1) is 12.1 Å². The second kappa shape index (κ2) is 9.17. The Morgan fingerprint density at radius 3 is 2.71 bits per heavy atom. The molecule has 1 N–H and O–H groups in total. The first-order valence-corrected chi connectivity index (χ1v) is 12.7. The molecule has 1 aromatic heterocycles. The first kappa shape index (κ1) is 23.1. The molecule has 2 fully saturated rings. The van der Waals surface area contributed by atoms with Crippen molar-refractivity contribution in [1.29, 1.82) is 0 Å². The number of nitrogens with zero attached hydrogens (tertiary/aromatic N) is 3. The van der Waals surface area contributed by atoms with Gasteiger partial charge in [0.15, 0.2) is 5.69 Å². The van der Waals surface area contributed by atoms with E-state index in [4.69, 9.17) is 4.74 Å². The molecule has 1 aliphatic carbocycles. The number of aromatic nitrogens is 2. The molecule has 3 aliphatic rings. The van der Waals surface area contributed by atoms with E-state index in [1.807, 2.05) is 4.57 Å². The number of likely N-dealkylation sites (N-methyl/N-ethyl adjacent to an activating group) is 1. The molecule has 1 amide bonds. The molecule has 1 saturated heterocycles. The van der Waals surface area contributed by atoms with E-state index in [-0.39, 0.29) is 29.2 Å². The van der Waals surface area contributed by atoms with Crippen molar-refractivity contribution in [2.24, 2.45) is 0 Å². The van der Waals surface area contributed by atoms with Crippen LogP contribution in [-0.2, 0) is 29.5 Å². The largest absolute Gasteiger partial charge is 0.501 e. The lowest BCUT2D eigenvalue weighted by Gasteiger charge is -2.38. The van der Waals surface area contributed by atoms with Gasteiger partial charge in [0.25, 0.3) is 5.91 Å². The van der Waals surface area contributed by atoms with E-state index in [1.54, 1.807) is 11.9 Å². The molecule has 34 heavy (non-hydrogen) atoms. The molecule has 0 bridgehead atoms. The quantitative estimate of drug-likeness (QED) is 0.705. The van der Waals surface area contributed by atoms with Crippen molar-refractivity contribution >= 4 is 5.91 Å². The van der Waals surface area contributed by atoms with Gasteiger partial charge in [-0.1, -0.05) is 44.0 Å². The third kappa shape index (κ3) is 4.04. The third-order valence-electron chi connectivity index (χ3n) is 8.27. The van der Waals surface area contributed by atoms with Crippen LogP contribution in [0.25, 0.3) is 0 Å². The number of carbonyl (C=O) groups is 1. The van der Waals surface area contributed by atoms with E-state index in [1.165, 1.54) is 11.1 Å². The molecule has 1 aromatic carbocycles. The number of aryl methyl sites for hydroxylation is 1. The summed E-state index contributed by atoms with van der Waals surface area (Å²) in [6, 6.07) is 8.70. The van der Waals surface area contributed by atoms with Gasteiger partial charge >= 0.3 is 5.56 Å². The van der Waals surface area contributed by atoms with E-state index < -0.39 is 11.3 Å². The van der Waals surface area contributed by atoms with Crippen molar-refractivity contribution in [2.45, 2.75) is 88.8 Å². The number of aromatic hydroxyl groups is 1. The van der Waals surface area contributed by atoms with Gasteiger partial charge in [0.2, 0.25) is 5.75 Å². The van der Waals surface area contributed by atoms with Crippen LogP contribution in [0, 0.1) is 0 Å². The third-order valence-corrected chi connectivity index (χ3v) is 8.27. The molecule has 3 heterocycles. The molecule has 7 nitrogen and oxygen atoms in total. The molecular formula is C27H35N3O4. The van der Waals surface area contributed by atoms with Gasteiger partial charge in [-0.25, -0.2) is 0 Å². The van der Waals surface area contributed by atoms with Crippen molar-refractivity contribution < 1.29 is 14.6 Å². The Morgan fingerprint density at radius 1 is 1.21 bits per heavy atom. The van der Waals surface area contributed by atoms with Gasteiger partial charge in [-0.15, -0.1) is 0 Å². The Bertz CT molecular complexity index is 1130. The normalized spacial score (nSPS) is 23.9. The predicted molar refractivity (Wildman–Crippen MR) is 129 cm³/mol. The number of rotatable bonds is 6. The van der Waals surface area contributed by atoms with E-state index in [2.05, 4.69) is 36.2 Å². The van der Waals surface area contributed by atoms with Crippen LogP contribution in [0.5, 0.6) is 5.75 Å². The molecule has 1 saturated carbocycles. The Kier molecular flexibility index (Phi) is 6.23. The number of fused-ring (bicyclic) bond motifs is 1. The molecule has 0 radical (unpaired) electrons. The highest BCUT2D eigenvalue weighted by Crippen LogP contribution is 2.44. The van der Waals surface area contributed by atoms with Crippen LogP contribution in [-0.4, -0.2) is 51.3 Å². The molecule has 0 spiro atoms. The summed E-state index contributed by atoms with van der Waals surface area (Å²) in [7, 11) is 1.75. The molecule has 5 rings (SSSR count). The van der Waals surface area contributed by atoms with Gasteiger partial charge in [0, 0.05) is 32.0 Å². The van der Waals surface area contributed by atoms with Crippen molar-refractivity contribution in [3.8, 4) is 5.75 Å². The van der Waals surface area contributed by atoms with Gasteiger partial charge in [-0.05, 0) is 49.7 Å². The molecule has 182 valence electrons. The summed E-state index contributed by atoms with van der Waals surface area (Å²) in [5, 5.41) is 10.6. The van der Waals surface area contributed by atoms with E-state index in [0.29, 0.717) is 18.8 Å². The fourth-order valence-electron chi connectivity index (χ4n) is 6.21. The zero-order chi connectivity index (χ0) is 23.9. The van der Waals surface area contributed by atoms with Crippen molar-refractivity contribution in [2.75, 3.05) is 13.7 Å². The van der Waals surface area contributed by atoms with Gasteiger partial charge in [0.1, 0.15) is 5.82 Å². The monoisotopic (exact) mass is 465 g/mol. The van der Waals surface area contributed by atoms with Gasteiger partial charge < -0.3 is 19.3 Å². The SMILES string of the molecule is CCc1cccc(C2(Cc3nc(=O)c(O)c4n3C[C@H](C[C@@H]3CCCO3)N(C)C4=O)CCCC2)c1. The molecule has 2 aliphatic heterocycles. The Balaban J connectivity index is 1.55. The zero-order valence-corrected chi connectivity index (χ0v) is 20.3. The highest BCUT2D eigenvalue weighted by atomic mass is 16.5. The summed E-state index contributed by atoms with van der Waals surface area (Å²) in [4.78, 5) is 32.0. The summed E-state index contributed by atoms with van der Waals surface area (Å²) in [6.45, 7) is 3.44. The Hall–Kier alpha value is -2.67. The molecule has 2 atom stereocenters. The van der Waals surface area contributed by atoms with Gasteiger partial charge in [-0.2, -0.15) is 4.98 Å². The maximum Gasteiger partial charge on any atom is 0.315 e. The molecular weight excluding hydrogens is 430 g/mol. The average molecular weight is 466 g/mol. The lowest BCUT2D eigenvalue weighted by atomic mass is 9.75.